The van der Waals surface area contributed by atoms with Gasteiger partial charge in [0.1, 0.15) is 5.75 Å². The summed E-state index contributed by atoms with van der Waals surface area (Å²) in [5.74, 6) is 2.16. The van der Waals surface area contributed by atoms with E-state index in [1.165, 1.54) is 35.1 Å². The van der Waals surface area contributed by atoms with E-state index in [0.29, 0.717) is 24.3 Å². The third-order valence-electron chi connectivity index (χ3n) is 8.25. The second-order valence-electron chi connectivity index (χ2n) is 11.0. The number of hydrogen-bond acceptors (Lipinski definition) is 3. The third kappa shape index (κ3) is 6.42. The Hall–Kier alpha value is -3.11. The molecule has 0 spiro atoms. The summed E-state index contributed by atoms with van der Waals surface area (Å²) in [5, 5.41) is 0. The van der Waals surface area contributed by atoms with Gasteiger partial charge in [-0.2, -0.15) is 0 Å². The number of ether oxygens (including phenoxy) is 1. The smallest absolute Gasteiger partial charge is 0.225 e. The number of amides is 1. The van der Waals surface area contributed by atoms with Crippen molar-refractivity contribution in [2.45, 2.75) is 51.6 Å². The minimum atomic E-state index is 0.184. The molecular formula is C33H40N2O2. The van der Waals surface area contributed by atoms with Gasteiger partial charge < -0.3 is 9.64 Å². The van der Waals surface area contributed by atoms with Crippen LogP contribution in [0.2, 0.25) is 0 Å². The lowest BCUT2D eigenvalue weighted by Gasteiger charge is -2.31. The quantitative estimate of drug-likeness (QED) is 0.342. The molecule has 1 heterocycles. The Morgan fingerprint density at radius 1 is 0.919 bits per heavy atom. The van der Waals surface area contributed by atoms with Gasteiger partial charge in [-0.25, -0.2) is 0 Å². The maximum absolute atomic E-state index is 13.8. The van der Waals surface area contributed by atoms with Crippen molar-refractivity contribution in [1.82, 2.24) is 9.80 Å². The molecule has 0 aromatic heterocycles. The first kappa shape index (κ1) is 25.5. The Morgan fingerprint density at radius 2 is 1.68 bits per heavy atom. The second-order valence-corrected chi connectivity index (χ2v) is 11.0. The normalized spacial score (nSPS) is 20.3. The molecule has 2 fully saturated rings. The van der Waals surface area contributed by atoms with Crippen molar-refractivity contribution in [2.75, 3.05) is 26.7 Å². The highest BCUT2D eigenvalue weighted by Gasteiger charge is 2.37. The average Bonchev–Trinajstić information content (AvgIpc) is 3.60. The molecule has 1 amide bonds. The summed E-state index contributed by atoms with van der Waals surface area (Å²) in [6, 6.07) is 27.9. The lowest BCUT2D eigenvalue weighted by molar-refractivity contribution is -0.136. The fourth-order valence-electron chi connectivity index (χ4n) is 6.23. The van der Waals surface area contributed by atoms with Crippen molar-refractivity contribution >= 4 is 5.91 Å². The number of rotatable bonds is 9. The maximum Gasteiger partial charge on any atom is 0.225 e. The summed E-state index contributed by atoms with van der Waals surface area (Å²) in [6.07, 6.45) is 4.42. The van der Waals surface area contributed by atoms with Crippen molar-refractivity contribution in [2.24, 2.45) is 11.8 Å². The lowest BCUT2D eigenvalue weighted by Crippen LogP contribution is -2.40. The van der Waals surface area contributed by atoms with Crippen LogP contribution in [0.3, 0.4) is 0 Å². The molecule has 5 rings (SSSR count). The second kappa shape index (κ2) is 12.0. The van der Waals surface area contributed by atoms with E-state index in [9.17, 15) is 4.79 Å². The number of aryl methyl sites for hydroxylation is 1. The van der Waals surface area contributed by atoms with Crippen LogP contribution in [0, 0.1) is 18.8 Å². The van der Waals surface area contributed by atoms with Crippen molar-refractivity contribution < 1.29 is 9.53 Å². The lowest BCUT2D eigenvalue weighted by atomic mass is 9.88. The summed E-state index contributed by atoms with van der Waals surface area (Å²) in [7, 11) is 1.73. The Bertz CT molecular complexity index is 1150. The van der Waals surface area contributed by atoms with Gasteiger partial charge in [0.25, 0.3) is 0 Å². The predicted octanol–water partition coefficient (Wildman–Crippen LogP) is 6.44. The van der Waals surface area contributed by atoms with Crippen molar-refractivity contribution in [3.05, 3.63) is 101 Å². The van der Waals surface area contributed by atoms with E-state index < -0.39 is 0 Å². The summed E-state index contributed by atoms with van der Waals surface area (Å²) < 4.78 is 5.57. The fraction of sp³-hybridized carbons (Fsp3) is 0.424. The summed E-state index contributed by atoms with van der Waals surface area (Å²) in [5.41, 5.74) is 5.16. The Balaban J connectivity index is 1.40. The van der Waals surface area contributed by atoms with Gasteiger partial charge in [0.15, 0.2) is 0 Å². The Morgan fingerprint density at radius 3 is 2.41 bits per heavy atom. The minimum Gasteiger partial charge on any atom is -0.497 e. The molecule has 4 nitrogen and oxygen atoms in total. The number of likely N-dealkylation sites (tertiary alicyclic amines) is 1. The largest absolute Gasteiger partial charge is 0.497 e. The molecule has 1 aliphatic carbocycles. The zero-order valence-electron chi connectivity index (χ0n) is 22.3. The molecule has 2 atom stereocenters. The van der Waals surface area contributed by atoms with Crippen molar-refractivity contribution in [1.29, 1.82) is 0 Å². The van der Waals surface area contributed by atoms with Gasteiger partial charge in [-0.15, -0.1) is 0 Å². The van der Waals surface area contributed by atoms with Crippen LogP contribution in [0.4, 0.5) is 0 Å². The Kier molecular flexibility index (Phi) is 8.25. The molecule has 0 N–H and O–H groups in total. The van der Waals surface area contributed by atoms with Crippen LogP contribution in [0.5, 0.6) is 5.75 Å². The molecule has 37 heavy (non-hydrogen) atoms. The summed E-state index contributed by atoms with van der Waals surface area (Å²) in [6.45, 7) is 6.52. The first-order valence-corrected chi connectivity index (χ1v) is 13.8. The molecule has 0 radical (unpaired) electrons. The number of hydrogen-bond donors (Lipinski definition) is 0. The SMILES string of the molecule is COc1cccc([C@H]2CN(Cc3ccc(C)cc3)C[C@H]2CN(Cc2ccccc2)C(=O)C2CCCC2)c1. The van der Waals surface area contributed by atoms with Crippen LogP contribution < -0.4 is 4.74 Å². The van der Waals surface area contributed by atoms with Gasteiger partial charge in [0.05, 0.1) is 7.11 Å². The molecule has 0 unspecified atom stereocenters. The van der Waals surface area contributed by atoms with E-state index in [-0.39, 0.29) is 5.92 Å². The van der Waals surface area contributed by atoms with E-state index >= 15 is 0 Å². The van der Waals surface area contributed by atoms with Crippen LogP contribution in [-0.4, -0.2) is 42.5 Å². The van der Waals surface area contributed by atoms with E-state index in [1.54, 1.807) is 7.11 Å². The maximum atomic E-state index is 13.8. The topological polar surface area (TPSA) is 32.8 Å². The van der Waals surface area contributed by atoms with Gasteiger partial charge >= 0.3 is 0 Å². The molecule has 2 aliphatic rings. The van der Waals surface area contributed by atoms with Crippen LogP contribution >= 0.6 is 0 Å². The van der Waals surface area contributed by atoms with E-state index in [1.807, 2.05) is 12.1 Å². The van der Waals surface area contributed by atoms with E-state index in [2.05, 4.69) is 83.5 Å². The molecule has 1 aliphatic heterocycles. The molecule has 1 saturated heterocycles. The molecule has 0 bridgehead atoms. The average molecular weight is 497 g/mol. The zero-order chi connectivity index (χ0) is 25.6. The molecular weight excluding hydrogens is 456 g/mol. The summed E-state index contributed by atoms with van der Waals surface area (Å²) >= 11 is 0. The molecule has 3 aromatic carbocycles. The van der Waals surface area contributed by atoms with Gasteiger partial charge in [-0.3, -0.25) is 9.69 Å². The first-order valence-electron chi connectivity index (χ1n) is 13.8. The molecule has 4 heteroatoms. The van der Waals surface area contributed by atoms with E-state index in [0.717, 1.165) is 44.8 Å². The predicted molar refractivity (Wildman–Crippen MR) is 149 cm³/mol. The molecule has 3 aromatic rings. The first-order chi connectivity index (χ1) is 18.1. The van der Waals surface area contributed by atoms with Crippen LogP contribution in [0.15, 0.2) is 78.9 Å². The number of methoxy groups -OCH3 is 1. The van der Waals surface area contributed by atoms with Crippen LogP contribution in [0.25, 0.3) is 0 Å². The van der Waals surface area contributed by atoms with Gasteiger partial charge in [0, 0.05) is 44.6 Å². The number of nitrogens with zero attached hydrogens (tertiary/aromatic N) is 2. The minimum absolute atomic E-state index is 0.184. The van der Waals surface area contributed by atoms with Crippen molar-refractivity contribution in [3.63, 3.8) is 0 Å². The van der Waals surface area contributed by atoms with E-state index in [4.69, 9.17) is 4.74 Å². The fourth-order valence-corrected chi connectivity index (χ4v) is 6.23. The number of carbonyl (C=O) groups excluding carboxylic acids is 1. The molecule has 1 saturated carbocycles. The van der Waals surface area contributed by atoms with Gasteiger partial charge in [0.2, 0.25) is 5.91 Å². The highest BCUT2D eigenvalue weighted by atomic mass is 16.5. The van der Waals surface area contributed by atoms with Crippen molar-refractivity contribution in [3.8, 4) is 5.75 Å². The number of carbonyl (C=O) groups is 1. The summed E-state index contributed by atoms with van der Waals surface area (Å²) in [4.78, 5) is 18.5. The standard InChI is InChI=1S/C33H40N2O2/c1-25-15-17-27(18-16-25)20-34-22-30(32(24-34)29-13-8-14-31(19-29)37-2)23-35(21-26-9-4-3-5-10-26)33(36)28-11-6-7-12-28/h3-5,8-10,13-19,28,30,32H,6-7,11-12,20-24H2,1-2H3/t30-,32+/m0/s1. The third-order valence-corrected chi connectivity index (χ3v) is 8.25. The Labute approximate surface area is 222 Å². The monoisotopic (exact) mass is 496 g/mol. The highest BCUT2D eigenvalue weighted by molar-refractivity contribution is 5.79. The van der Waals surface area contributed by atoms with Crippen LogP contribution in [-0.2, 0) is 17.9 Å². The molecule has 194 valence electrons. The highest BCUT2D eigenvalue weighted by Crippen LogP contribution is 2.37. The van der Waals surface area contributed by atoms with Crippen LogP contribution in [0.1, 0.15) is 53.9 Å². The number of benzene rings is 3. The zero-order valence-corrected chi connectivity index (χ0v) is 22.3. The van der Waals surface area contributed by atoms with Gasteiger partial charge in [-0.05, 0) is 54.5 Å². The van der Waals surface area contributed by atoms with Gasteiger partial charge in [-0.1, -0.05) is 85.1 Å².